The van der Waals surface area contributed by atoms with E-state index in [4.69, 9.17) is 22.9 Å². The maximum Gasteiger partial charge on any atom is 0.300 e. The van der Waals surface area contributed by atoms with Crippen molar-refractivity contribution in [2.45, 2.75) is 77.0 Å². The van der Waals surface area contributed by atoms with E-state index in [1.165, 1.54) is 11.0 Å². The lowest BCUT2D eigenvalue weighted by Crippen LogP contribution is -2.49. The monoisotopic (exact) mass is 798 g/mol. The highest BCUT2D eigenvalue weighted by molar-refractivity contribution is 7.86. The van der Waals surface area contributed by atoms with Gasteiger partial charge < -0.3 is 34.1 Å². The Morgan fingerprint density at radius 1 is 1.04 bits per heavy atom. The second-order valence-corrected chi connectivity index (χ2v) is 16.2. The first kappa shape index (κ1) is 42.0. The molecule has 1 unspecified atom stereocenters. The largest absolute Gasteiger partial charge is 0.490 e. The summed E-state index contributed by atoms with van der Waals surface area (Å²) in [5.74, 6) is -0.928. The molecule has 2 aromatic carbocycles. The number of aliphatic hydroxyl groups is 1. The van der Waals surface area contributed by atoms with Crippen LogP contribution in [0.15, 0.2) is 63.5 Å². The number of carbonyl (C=O) groups is 2. The minimum atomic E-state index is -3.96. The van der Waals surface area contributed by atoms with E-state index in [2.05, 4.69) is 15.5 Å². The van der Waals surface area contributed by atoms with Crippen molar-refractivity contribution in [3.05, 3.63) is 82.3 Å². The molecule has 3 heterocycles. The molecule has 14 nitrogen and oxygen atoms in total. The highest BCUT2D eigenvalue weighted by Gasteiger charge is 2.43. The molecule has 1 aliphatic rings. The summed E-state index contributed by atoms with van der Waals surface area (Å²) >= 11 is 1.55. The maximum atomic E-state index is 14.0. The number of β-amino-alcohol motifs (C(OH)–C–C–N with tert-alkyl or cyclic N) is 1. The molecular weight excluding hydrogens is 749 g/mol. The average molecular weight is 799 g/mol. The minimum absolute atomic E-state index is 0.00603. The molecule has 0 spiro atoms. The Hall–Kier alpha value is -4.19. The fourth-order valence-corrected chi connectivity index (χ4v) is 8.32. The van der Waals surface area contributed by atoms with Gasteiger partial charge in [0.05, 0.1) is 67.0 Å². The smallest absolute Gasteiger partial charge is 0.300 e. The lowest BCUT2D eigenvalue weighted by atomic mass is 9.91. The van der Waals surface area contributed by atoms with E-state index in [0.717, 1.165) is 27.3 Å². The Morgan fingerprint density at radius 2 is 1.76 bits per heavy atom. The highest BCUT2D eigenvalue weighted by atomic mass is 32.2. The number of aromatic nitrogens is 2. The van der Waals surface area contributed by atoms with Gasteiger partial charge in [-0.3, -0.25) is 13.8 Å². The molecule has 1 fully saturated rings. The zero-order valence-corrected chi connectivity index (χ0v) is 33.7. The summed E-state index contributed by atoms with van der Waals surface area (Å²) in [6.07, 6.45) is -0.778. The van der Waals surface area contributed by atoms with Crippen molar-refractivity contribution in [3.63, 3.8) is 0 Å². The zero-order valence-electron chi connectivity index (χ0n) is 32.0. The van der Waals surface area contributed by atoms with Crippen molar-refractivity contribution in [1.29, 1.82) is 0 Å². The number of rotatable bonds is 19. The van der Waals surface area contributed by atoms with Gasteiger partial charge in [-0.15, -0.1) is 11.3 Å². The molecule has 2 amide bonds. The molecule has 298 valence electrons. The van der Waals surface area contributed by atoms with Gasteiger partial charge >= 0.3 is 10.1 Å². The summed E-state index contributed by atoms with van der Waals surface area (Å²) in [6, 6.07) is 12.8. The molecule has 0 radical (unpaired) electrons. The Balaban J connectivity index is 1.22. The second-order valence-electron chi connectivity index (χ2n) is 13.8. The van der Waals surface area contributed by atoms with Crippen molar-refractivity contribution in [3.8, 4) is 16.2 Å². The molecule has 2 aromatic heterocycles. The highest BCUT2D eigenvalue weighted by Crippen LogP contribution is 2.32. The molecule has 5 rings (SSSR count). The third-order valence-corrected chi connectivity index (χ3v) is 11.6. The van der Waals surface area contributed by atoms with Crippen LogP contribution in [-0.4, -0.2) is 98.7 Å². The van der Waals surface area contributed by atoms with Crippen LogP contribution in [0.4, 0.5) is 0 Å². The lowest BCUT2D eigenvalue weighted by molar-refractivity contribution is -0.141. The van der Waals surface area contributed by atoms with E-state index in [1.54, 1.807) is 48.9 Å². The van der Waals surface area contributed by atoms with Crippen LogP contribution >= 0.6 is 11.3 Å². The van der Waals surface area contributed by atoms with Gasteiger partial charge in [-0.25, -0.2) is 4.98 Å². The van der Waals surface area contributed by atoms with Crippen LogP contribution in [0.1, 0.15) is 67.4 Å². The minimum Gasteiger partial charge on any atom is -0.490 e. The first-order chi connectivity index (χ1) is 26.3. The third-order valence-electron chi connectivity index (χ3n) is 9.17. The van der Waals surface area contributed by atoms with Gasteiger partial charge in [0.2, 0.25) is 11.8 Å². The number of thiazole rings is 1. The number of amides is 2. The van der Waals surface area contributed by atoms with Crippen molar-refractivity contribution in [2.24, 2.45) is 5.92 Å². The lowest BCUT2D eigenvalue weighted by Gasteiger charge is -2.30. The molecule has 2 N–H and O–H groups in total. The number of likely N-dealkylation sites (tertiary alicyclic amines) is 1. The number of nitrogens with one attached hydrogen (secondary N) is 1. The fourth-order valence-electron chi connectivity index (χ4n) is 6.47. The topological polar surface area (TPSA) is 180 Å². The standard InChI is InChI=1S/C39H50N4O10S2/c1-7-52-55(47,48)35-13-8-25(4)18-33(35)51-17-16-49-14-15-50-22-31(28-9-11-29(12-10-28)37-27(6)40-23-54-37)41-38(45)32-20-30(44)21-43(32)39(46)36(24(2)3)34-19-26(5)42-53-34/h8-13,18-19,23-24,30-32,36,44H,7,14-17,20-22H2,1-6H3,(H,41,45)/t30-,31+,32+,36?/m1/s1. The number of nitrogens with zero attached hydrogens (tertiary/aromatic N) is 3. The molecule has 4 atom stereocenters. The van der Waals surface area contributed by atoms with Gasteiger partial charge in [-0.05, 0) is 62.4 Å². The van der Waals surface area contributed by atoms with E-state index in [-0.39, 0.29) is 75.1 Å². The van der Waals surface area contributed by atoms with Gasteiger partial charge in [0.1, 0.15) is 35.0 Å². The Bertz CT molecular complexity index is 2000. The first-order valence-corrected chi connectivity index (χ1v) is 20.6. The van der Waals surface area contributed by atoms with Gasteiger partial charge in [0.25, 0.3) is 0 Å². The van der Waals surface area contributed by atoms with Crippen LogP contribution in [0, 0.1) is 26.7 Å². The molecule has 1 saturated heterocycles. The Morgan fingerprint density at radius 3 is 2.42 bits per heavy atom. The Kier molecular flexibility index (Phi) is 14.6. The molecule has 0 bridgehead atoms. The average Bonchev–Trinajstić information content (AvgIpc) is 3.88. The first-order valence-electron chi connectivity index (χ1n) is 18.3. The predicted octanol–water partition coefficient (Wildman–Crippen LogP) is 5.12. The van der Waals surface area contributed by atoms with Crippen LogP contribution in [-0.2, 0) is 33.4 Å². The molecule has 0 saturated carbocycles. The van der Waals surface area contributed by atoms with E-state index in [9.17, 15) is 23.1 Å². The summed E-state index contributed by atoms with van der Waals surface area (Å²) in [6.45, 7) is 11.8. The van der Waals surface area contributed by atoms with Gasteiger partial charge in [-0.1, -0.05) is 49.3 Å². The summed E-state index contributed by atoms with van der Waals surface area (Å²) in [5, 5.41) is 17.7. The fraction of sp³-hybridized carbons (Fsp3) is 0.487. The van der Waals surface area contributed by atoms with Crippen LogP contribution < -0.4 is 10.1 Å². The van der Waals surface area contributed by atoms with E-state index < -0.39 is 40.1 Å². The van der Waals surface area contributed by atoms with Gasteiger partial charge in [-0.2, -0.15) is 8.42 Å². The van der Waals surface area contributed by atoms with Crippen molar-refractivity contribution in [2.75, 3.05) is 46.2 Å². The van der Waals surface area contributed by atoms with E-state index in [0.29, 0.717) is 11.5 Å². The van der Waals surface area contributed by atoms with Gasteiger partial charge in [0, 0.05) is 19.0 Å². The summed E-state index contributed by atoms with van der Waals surface area (Å²) in [5.41, 5.74) is 5.99. The van der Waals surface area contributed by atoms with Crippen molar-refractivity contribution >= 4 is 33.3 Å². The van der Waals surface area contributed by atoms with Gasteiger partial charge in [0.15, 0.2) is 0 Å². The zero-order chi connectivity index (χ0) is 39.7. The predicted molar refractivity (Wildman–Crippen MR) is 205 cm³/mol. The number of aliphatic hydroxyl groups excluding tert-OH is 1. The van der Waals surface area contributed by atoms with Crippen molar-refractivity contribution < 1.29 is 46.0 Å². The van der Waals surface area contributed by atoms with E-state index in [1.807, 2.05) is 52.0 Å². The van der Waals surface area contributed by atoms with Crippen LogP contribution in [0.25, 0.3) is 10.4 Å². The number of carbonyl (C=O) groups excluding carboxylic acids is 2. The number of aryl methyl sites for hydroxylation is 3. The molecule has 55 heavy (non-hydrogen) atoms. The van der Waals surface area contributed by atoms with Crippen LogP contribution in [0.3, 0.4) is 0 Å². The number of hydrogen-bond donors (Lipinski definition) is 2. The summed E-state index contributed by atoms with van der Waals surface area (Å²) in [4.78, 5) is 34.7. The third kappa shape index (κ3) is 10.8. The number of hydrogen-bond acceptors (Lipinski definition) is 13. The van der Waals surface area contributed by atoms with Crippen molar-refractivity contribution in [1.82, 2.24) is 20.4 Å². The summed E-state index contributed by atoms with van der Waals surface area (Å²) in [7, 11) is -3.96. The normalized spacial score (nSPS) is 17.1. The molecule has 4 aromatic rings. The quantitative estimate of drug-likeness (QED) is 0.0947. The van der Waals surface area contributed by atoms with E-state index >= 15 is 0 Å². The molecule has 1 aliphatic heterocycles. The van der Waals surface area contributed by atoms with Crippen LogP contribution in [0.5, 0.6) is 5.75 Å². The SMILES string of the molecule is CCOS(=O)(=O)c1ccc(C)cc1OCCOCCOC[C@H](NC(=O)[C@@H]1C[C@@H](O)CN1C(=O)C(c1cc(C)no1)C(C)C)c1ccc(-c2scnc2C)cc1. The second kappa shape index (κ2) is 19.1. The Labute approximate surface area is 326 Å². The number of benzene rings is 2. The molecule has 0 aliphatic carbocycles. The van der Waals surface area contributed by atoms with Crippen LogP contribution in [0.2, 0.25) is 0 Å². The molecular formula is C39H50N4O10S2. The maximum absolute atomic E-state index is 14.0. The number of ether oxygens (including phenoxy) is 3. The molecule has 16 heteroatoms. The summed E-state index contributed by atoms with van der Waals surface area (Å²) < 4.78 is 52.9.